The molecule has 0 bridgehead atoms. The summed E-state index contributed by atoms with van der Waals surface area (Å²) < 4.78 is 0. The third-order valence-electron chi connectivity index (χ3n) is 1.95. The second-order valence-corrected chi connectivity index (χ2v) is 4.27. The molecular weight excluding hydrogens is 245 g/mol. The summed E-state index contributed by atoms with van der Waals surface area (Å²) >= 11 is 12.0. The van der Waals surface area contributed by atoms with Crippen LogP contribution in [-0.4, -0.2) is 12.4 Å². The Labute approximate surface area is 106 Å². The van der Waals surface area contributed by atoms with Crippen molar-refractivity contribution in [3.05, 3.63) is 22.2 Å². The number of hydrogen-bond donors (Lipinski definition) is 2. The summed E-state index contributed by atoms with van der Waals surface area (Å²) in [7, 11) is 0. The van der Waals surface area contributed by atoms with Crippen LogP contribution in [0.15, 0.2) is 17.1 Å². The number of benzene rings is 1. The molecule has 0 unspecified atom stereocenters. The smallest absolute Gasteiger partial charge is 0.102 e. The molecule has 0 spiro atoms. The fraction of sp³-hybridized carbons (Fsp3) is 0.364. The number of nitrogens with one attached hydrogen (secondary N) is 1. The van der Waals surface area contributed by atoms with Crippen molar-refractivity contribution in [2.45, 2.75) is 20.3 Å². The average Bonchev–Trinajstić information content (AvgIpc) is 2.20. The van der Waals surface area contributed by atoms with Crippen molar-refractivity contribution in [2.75, 3.05) is 12.3 Å². The van der Waals surface area contributed by atoms with Crippen molar-refractivity contribution in [3.63, 3.8) is 0 Å². The first-order valence-corrected chi connectivity index (χ1v) is 5.84. The van der Waals surface area contributed by atoms with Gasteiger partial charge in [-0.25, -0.2) is 4.99 Å². The van der Waals surface area contributed by atoms with Gasteiger partial charge in [-0.1, -0.05) is 30.1 Å². The fourth-order valence-corrected chi connectivity index (χ4v) is 1.79. The van der Waals surface area contributed by atoms with Crippen LogP contribution >= 0.6 is 23.2 Å². The van der Waals surface area contributed by atoms with Crippen LogP contribution in [0.1, 0.15) is 20.3 Å². The SMILES string of the molecule is CCCN/C(C)=N\c1c(Cl)cc(N)cc1Cl. The molecule has 0 aliphatic rings. The van der Waals surface area contributed by atoms with Gasteiger partial charge in [0.05, 0.1) is 15.9 Å². The van der Waals surface area contributed by atoms with Crippen molar-refractivity contribution in [1.29, 1.82) is 0 Å². The Bertz CT molecular complexity index is 379. The summed E-state index contributed by atoms with van der Waals surface area (Å²) in [4.78, 5) is 4.32. The van der Waals surface area contributed by atoms with Gasteiger partial charge < -0.3 is 11.1 Å². The number of hydrogen-bond acceptors (Lipinski definition) is 2. The van der Waals surface area contributed by atoms with Gasteiger partial charge in [0.2, 0.25) is 0 Å². The molecule has 0 heterocycles. The highest BCUT2D eigenvalue weighted by Crippen LogP contribution is 2.35. The van der Waals surface area contributed by atoms with Crippen LogP contribution in [0, 0.1) is 0 Å². The maximum atomic E-state index is 6.01. The van der Waals surface area contributed by atoms with Gasteiger partial charge in [-0.2, -0.15) is 0 Å². The van der Waals surface area contributed by atoms with E-state index in [0.717, 1.165) is 18.8 Å². The zero-order valence-electron chi connectivity index (χ0n) is 9.35. The number of anilines is 1. The molecule has 0 saturated carbocycles. The zero-order chi connectivity index (χ0) is 12.1. The van der Waals surface area contributed by atoms with Crippen LogP contribution in [0.3, 0.4) is 0 Å². The lowest BCUT2D eigenvalue weighted by molar-refractivity contribution is 0.837. The molecule has 0 amide bonds. The van der Waals surface area contributed by atoms with E-state index in [2.05, 4.69) is 17.2 Å². The lowest BCUT2D eigenvalue weighted by Gasteiger charge is -2.07. The van der Waals surface area contributed by atoms with E-state index in [4.69, 9.17) is 28.9 Å². The predicted molar refractivity (Wildman–Crippen MR) is 71.9 cm³/mol. The van der Waals surface area contributed by atoms with Crippen LogP contribution in [-0.2, 0) is 0 Å². The van der Waals surface area contributed by atoms with Crippen LogP contribution in [0.25, 0.3) is 0 Å². The van der Waals surface area contributed by atoms with Gasteiger partial charge >= 0.3 is 0 Å². The molecule has 1 aromatic rings. The molecule has 1 aromatic carbocycles. The maximum Gasteiger partial charge on any atom is 0.102 e. The van der Waals surface area contributed by atoms with E-state index in [1.807, 2.05) is 6.92 Å². The second kappa shape index (κ2) is 5.97. The van der Waals surface area contributed by atoms with Gasteiger partial charge in [0, 0.05) is 12.2 Å². The van der Waals surface area contributed by atoms with Gasteiger partial charge in [0.25, 0.3) is 0 Å². The molecule has 5 heteroatoms. The van der Waals surface area contributed by atoms with E-state index in [0.29, 0.717) is 21.4 Å². The van der Waals surface area contributed by atoms with Crippen molar-refractivity contribution in [2.24, 2.45) is 4.99 Å². The molecule has 0 aromatic heterocycles. The molecule has 16 heavy (non-hydrogen) atoms. The third kappa shape index (κ3) is 3.58. The van der Waals surface area contributed by atoms with E-state index >= 15 is 0 Å². The number of nitrogens with zero attached hydrogens (tertiary/aromatic N) is 1. The van der Waals surface area contributed by atoms with Crippen molar-refractivity contribution < 1.29 is 0 Å². The van der Waals surface area contributed by atoms with E-state index in [9.17, 15) is 0 Å². The molecule has 3 nitrogen and oxygen atoms in total. The quantitative estimate of drug-likeness (QED) is 0.495. The van der Waals surface area contributed by atoms with Gasteiger partial charge in [-0.15, -0.1) is 0 Å². The average molecular weight is 260 g/mol. The zero-order valence-corrected chi connectivity index (χ0v) is 10.9. The standard InChI is InChI=1S/C11H15Cl2N3/c1-3-4-15-7(2)16-11-9(12)5-8(14)6-10(11)13/h5-6H,3-4,14H2,1-2H3,(H,15,16). The largest absolute Gasteiger partial charge is 0.399 e. The first kappa shape index (κ1) is 13.1. The topological polar surface area (TPSA) is 50.4 Å². The van der Waals surface area contributed by atoms with E-state index in [1.54, 1.807) is 12.1 Å². The minimum atomic E-state index is 0.461. The lowest BCUT2D eigenvalue weighted by atomic mass is 10.3. The predicted octanol–water partition coefficient (Wildman–Crippen LogP) is 3.63. The third-order valence-corrected chi connectivity index (χ3v) is 2.53. The normalized spacial score (nSPS) is 11.6. The summed E-state index contributed by atoms with van der Waals surface area (Å²) in [5.74, 6) is 0.787. The van der Waals surface area contributed by atoms with E-state index < -0.39 is 0 Å². The molecule has 1 rings (SSSR count). The summed E-state index contributed by atoms with van der Waals surface area (Å²) in [6.45, 7) is 4.83. The van der Waals surface area contributed by atoms with Gasteiger partial charge in [0.15, 0.2) is 0 Å². The Balaban J connectivity index is 2.96. The number of nitrogen functional groups attached to an aromatic ring is 1. The van der Waals surface area contributed by atoms with Crippen LogP contribution < -0.4 is 11.1 Å². The highest BCUT2D eigenvalue weighted by molar-refractivity contribution is 6.39. The van der Waals surface area contributed by atoms with E-state index in [1.165, 1.54) is 0 Å². The Morgan fingerprint density at radius 1 is 1.38 bits per heavy atom. The monoisotopic (exact) mass is 259 g/mol. The minimum Gasteiger partial charge on any atom is -0.399 e. The summed E-state index contributed by atoms with van der Waals surface area (Å²) in [5.41, 5.74) is 6.70. The van der Waals surface area contributed by atoms with Crippen LogP contribution in [0.4, 0.5) is 11.4 Å². The van der Waals surface area contributed by atoms with Gasteiger partial charge in [-0.05, 0) is 25.5 Å². The molecule has 3 N–H and O–H groups in total. The molecule has 0 aliphatic heterocycles. The van der Waals surface area contributed by atoms with E-state index in [-0.39, 0.29) is 0 Å². The number of nitrogens with two attached hydrogens (primary N) is 1. The molecule has 0 aliphatic carbocycles. The second-order valence-electron chi connectivity index (χ2n) is 3.46. The Morgan fingerprint density at radius 2 is 1.94 bits per heavy atom. The van der Waals surface area contributed by atoms with Crippen molar-refractivity contribution in [3.8, 4) is 0 Å². The Morgan fingerprint density at radius 3 is 2.44 bits per heavy atom. The first-order chi connectivity index (χ1) is 7.54. The molecule has 0 fully saturated rings. The number of halogens is 2. The summed E-state index contributed by atoms with van der Waals surface area (Å²) in [5, 5.41) is 4.07. The molecule has 0 atom stereocenters. The number of amidine groups is 1. The Kier molecular flexibility index (Phi) is 4.90. The minimum absolute atomic E-state index is 0.461. The highest BCUT2D eigenvalue weighted by atomic mass is 35.5. The summed E-state index contributed by atoms with van der Waals surface area (Å²) in [6.07, 6.45) is 1.04. The molecular formula is C11H15Cl2N3. The Hall–Kier alpha value is -0.930. The molecule has 0 saturated heterocycles. The number of aliphatic imine (C=N–C) groups is 1. The van der Waals surface area contributed by atoms with Crippen molar-refractivity contribution >= 4 is 40.4 Å². The van der Waals surface area contributed by atoms with Crippen molar-refractivity contribution in [1.82, 2.24) is 5.32 Å². The summed E-state index contributed by atoms with van der Waals surface area (Å²) in [6, 6.07) is 3.28. The van der Waals surface area contributed by atoms with Gasteiger partial charge in [-0.3, -0.25) is 0 Å². The molecule has 88 valence electrons. The first-order valence-electron chi connectivity index (χ1n) is 5.08. The van der Waals surface area contributed by atoms with Crippen LogP contribution in [0.2, 0.25) is 10.0 Å². The maximum absolute atomic E-state index is 6.01. The highest BCUT2D eigenvalue weighted by Gasteiger charge is 2.06. The lowest BCUT2D eigenvalue weighted by Crippen LogP contribution is -2.20. The van der Waals surface area contributed by atoms with Crippen LogP contribution in [0.5, 0.6) is 0 Å². The van der Waals surface area contributed by atoms with Gasteiger partial charge in [0.1, 0.15) is 5.69 Å². The fourth-order valence-electron chi connectivity index (χ4n) is 1.21. The number of rotatable bonds is 3. The molecule has 0 radical (unpaired) electrons.